The van der Waals surface area contributed by atoms with Crippen molar-refractivity contribution in [2.75, 3.05) is 30.3 Å². The smallest absolute Gasteiger partial charge is 0.226 e. The van der Waals surface area contributed by atoms with E-state index in [0.717, 1.165) is 73.1 Å². The first-order chi connectivity index (χ1) is 16.6. The van der Waals surface area contributed by atoms with Gasteiger partial charge < -0.3 is 20.7 Å². The van der Waals surface area contributed by atoms with Crippen LogP contribution in [0.3, 0.4) is 0 Å². The Hall–Kier alpha value is -4.07. The first-order valence-corrected chi connectivity index (χ1v) is 11.6. The minimum Gasteiger partial charge on any atom is -0.457 e. The molecule has 34 heavy (non-hydrogen) atoms. The fourth-order valence-corrected chi connectivity index (χ4v) is 5.11. The Morgan fingerprint density at radius 2 is 1.71 bits per heavy atom. The summed E-state index contributed by atoms with van der Waals surface area (Å²) in [5, 5.41) is 3.00. The molecule has 1 spiro atoms. The molecule has 0 radical (unpaired) electrons. The van der Waals surface area contributed by atoms with Gasteiger partial charge in [-0.3, -0.25) is 9.20 Å². The lowest BCUT2D eigenvalue weighted by atomic mass is 9.77. The second kappa shape index (κ2) is 8.06. The van der Waals surface area contributed by atoms with Gasteiger partial charge in [-0.1, -0.05) is 18.2 Å². The molecule has 172 valence electrons. The van der Waals surface area contributed by atoms with Gasteiger partial charge in [0.05, 0.1) is 5.41 Å². The van der Waals surface area contributed by atoms with Gasteiger partial charge in [-0.15, -0.1) is 0 Å². The van der Waals surface area contributed by atoms with Crippen LogP contribution in [0.2, 0.25) is 0 Å². The standard InChI is InChI=1S/C26H26N6O2/c27-23-22-21(18-6-8-20(9-7-18)34-19-4-2-1-3-5-19)30-25(32(22)17-14-28-23)31-15-11-26(12-16-31)10-13-29-24(26)33/h1-9,14,17H,10-13,15-16H2,(H2,27,28)(H,29,33). The van der Waals surface area contributed by atoms with Gasteiger partial charge in [0.2, 0.25) is 11.9 Å². The molecule has 8 heteroatoms. The van der Waals surface area contributed by atoms with Crippen molar-refractivity contribution in [1.29, 1.82) is 0 Å². The number of hydrogen-bond acceptors (Lipinski definition) is 6. The lowest BCUT2D eigenvalue weighted by Gasteiger charge is -2.37. The molecule has 2 fully saturated rings. The molecule has 8 nitrogen and oxygen atoms in total. The number of hydrogen-bond donors (Lipinski definition) is 2. The number of nitrogens with one attached hydrogen (secondary N) is 1. The van der Waals surface area contributed by atoms with E-state index in [1.807, 2.05) is 65.2 Å². The molecular weight excluding hydrogens is 428 g/mol. The van der Waals surface area contributed by atoms with E-state index in [1.165, 1.54) is 0 Å². The van der Waals surface area contributed by atoms with Crippen molar-refractivity contribution in [3.05, 3.63) is 67.0 Å². The van der Waals surface area contributed by atoms with E-state index in [4.69, 9.17) is 15.5 Å². The summed E-state index contributed by atoms with van der Waals surface area (Å²) < 4.78 is 7.94. The Balaban J connectivity index is 1.32. The number of rotatable bonds is 4. The van der Waals surface area contributed by atoms with Crippen LogP contribution in [0.4, 0.5) is 11.8 Å². The van der Waals surface area contributed by atoms with Crippen LogP contribution in [0, 0.1) is 5.41 Å². The van der Waals surface area contributed by atoms with Crippen LogP contribution in [0.25, 0.3) is 16.8 Å². The molecule has 2 aromatic carbocycles. The molecular formula is C26H26N6O2. The molecule has 2 aromatic heterocycles. The number of nitrogen functional groups attached to an aromatic ring is 1. The predicted octanol–water partition coefficient (Wildman–Crippen LogP) is 3.88. The number of amides is 1. The van der Waals surface area contributed by atoms with Crippen molar-refractivity contribution in [3.63, 3.8) is 0 Å². The monoisotopic (exact) mass is 454 g/mol. The summed E-state index contributed by atoms with van der Waals surface area (Å²) in [5.41, 5.74) is 8.60. The highest BCUT2D eigenvalue weighted by Crippen LogP contribution is 2.40. The zero-order valence-corrected chi connectivity index (χ0v) is 18.8. The highest BCUT2D eigenvalue weighted by molar-refractivity contribution is 5.87. The number of aromatic nitrogens is 3. The van der Waals surface area contributed by atoms with Crippen molar-refractivity contribution in [3.8, 4) is 22.8 Å². The third-order valence-electron chi connectivity index (χ3n) is 7.05. The zero-order valence-electron chi connectivity index (χ0n) is 18.8. The largest absolute Gasteiger partial charge is 0.457 e. The number of anilines is 2. The van der Waals surface area contributed by atoms with Crippen LogP contribution in [-0.2, 0) is 4.79 Å². The summed E-state index contributed by atoms with van der Waals surface area (Å²) >= 11 is 0. The quantitative estimate of drug-likeness (QED) is 0.486. The molecule has 0 atom stereocenters. The fraction of sp³-hybridized carbons (Fsp3) is 0.269. The third kappa shape index (κ3) is 3.42. The van der Waals surface area contributed by atoms with Crippen LogP contribution in [-0.4, -0.2) is 39.9 Å². The maximum absolute atomic E-state index is 12.4. The molecule has 0 unspecified atom stereocenters. The molecule has 3 N–H and O–H groups in total. The molecule has 4 heterocycles. The van der Waals surface area contributed by atoms with Gasteiger partial charge in [0.15, 0.2) is 0 Å². The molecule has 6 rings (SSSR count). The van der Waals surface area contributed by atoms with E-state index in [0.29, 0.717) is 5.82 Å². The van der Waals surface area contributed by atoms with Gasteiger partial charge in [0.25, 0.3) is 0 Å². The van der Waals surface area contributed by atoms with E-state index in [2.05, 4.69) is 15.2 Å². The van der Waals surface area contributed by atoms with Gasteiger partial charge in [-0.05, 0) is 55.7 Å². The number of ether oxygens (including phenoxy) is 1. The maximum atomic E-state index is 12.4. The minimum atomic E-state index is -0.221. The van der Waals surface area contributed by atoms with Gasteiger partial charge in [0, 0.05) is 37.6 Å². The lowest BCUT2D eigenvalue weighted by molar-refractivity contribution is -0.128. The van der Waals surface area contributed by atoms with Crippen molar-refractivity contribution in [2.24, 2.45) is 5.41 Å². The number of para-hydroxylation sites is 1. The highest BCUT2D eigenvalue weighted by atomic mass is 16.5. The average molecular weight is 455 g/mol. The van der Waals surface area contributed by atoms with Crippen molar-refractivity contribution in [2.45, 2.75) is 19.3 Å². The van der Waals surface area contributed by atoms with E-state index < -0.39 is 0 Å². The van der Waals surface area contributed by atoms with E-state index >= 15 is 0 Å². The number of piperidine rings is 1. The normalized spacial score (nSPS) is 17.3. The number of fused-ring (bicyclic) bond motifs is 1. The lowest BCUT2D eigenvalue weighted by Crippen LogP contribution is -2.44. The zero-order chi connectivity index (χ0) is 23.1. The Labute approximate surface area is 197 Å². The first-order valence-electron chi connectivity index (χ1n) is 11.6. The van der Waals surface area contributed by atoms with Crippen molar-refractivity contribution >= 4 is 23.2 Å². The Kier molecular flexibility index (Phi) is 4.86. The summed E-state index contributed by atoms with van der Waals surface area (Å²) in [7, 11) is 0. The summed E-state index contributed by atoms with van der Waals surface area (Å²) in [5.74, 6) is 3.01. The van der Waals surface area contributed by atoms with Gasteiger partial charge in [-0.2, -0.15) is 0 Å². The highest BCUT2D eigenvalue weighted by Gasteiger charge is 2.44. The van der Waals surface area contributed by atoms with Gasteiger partial charge in [-0.25, -0.2) is 9.97 Å². The molecule has 4 aromatic rings. The number of carbonyl (C=O) groups excluding carboxylic acids is 1. The molecule has 0 aliphatic carbocycles. The second-order valence-corrected chi connectivity index (χ2v) is 9.00. The molecule has 2 aliphatic heterocycles. The van der Waals surface area contributed by atoms with E-state index in [1.54, 1.807) is 6.20 Å². The molecule has 0 bridgehead atoms. The Bertz CT molecular complexity index is 1340. The minimum absolute atomic E-state index is 0.201. The molecule has 0 saturated carbocycles. The van der Waals surface area contributed by atoms with E-state index in [-0.39, 0.29) is 11.3 Å². The first kappa shape index (κ1) is 20.5. The molecule has 1 amide bonds. The summed E-state index contributed by atoms with van der Waals surface area (Å²) in [6, 6.07) is 17.5. The average Bonchev–Trinajstić information content (AvgIpc) is 3.43. The maximum Gasteiger partial charge on any atom is 0.226 e. The Morgan fingerprint density at radius 3 is 2.41 bits per heavy atom. The number of nitrogens with two attached hydrogens (primary N) is 1. The topological polar surface area (TPSA) is 97.8 Å². The number of benzene rings is 2. The van der Waals surface area contributed by atoms with Crippen LogP contribution in [0.1, 0.15) is 19.3 Å². The third-order valence-corrected chi connectivity index (χ3v) is 7.05. The van der Waals surface area contributed by atoms with Crippen LogP contribution < -0.4 is 20.7 Å². The predicted molar refractivity (Wildman–Crippen MR) is 131 cm³/mol. The summed E-state index contributed by atoms with van der Waals surface area (Å²) in [4.78, 5) is 24.0. The SMILES string of the molecule is Nc1nccn2c(N3CCC4(CCNC4=O)CC3)nc(-c3ccc(Oc4ccccc4)cc3)c12. The van der Waals surface area contributed by atoms with Crippen LogP contribution in [0.5, 0.6) is 11.5 Å². The van der Waals surface area contributed by atoms with Gasteiger partial charge >= 0.3 is 0 Å². The second-order valence-electron chi connectivity index (χ2n) is 9.00. The molecule has 2 saturated heterocycles. The Morgan fingerprint density at radius 1 is 0.971 bits per heavy atom. The van der Waals surface area contributed by atoms with Crippen molar-refractivity contribution < 1.29 is 9.53 Å². The van der Waals surface area contributed by atoms with Crippen LogP contribution >= 0.6 is 0 Å². The van der Waals surface area contributed by atoms with E-state index in [9.17, 15) is 4.79 Å². The summed E-state index contributed by atoms with van der Waals surface area (Å²) in [6.45, 7) is 2.33. The van der Waals surface area contributed by atoms with Crippen LogP contribution in [0.15, 0.2) is 67.0 Å². The molecule has 2 aliphatic rings. The number of imidazole rings is 1. The van der Waals surface area contributed by atoms with Gasteiger partial charge in [0.1, 0.15) is 28.5 Å². The number of carbonyl (C=O) groups is 1. The number of nitrogens with zero attached hydrogens (tertiary/aromatic N) is 4. The van der Waals surface area contributed by atoms with Crippen molar-refractivity contribution in [1.82, 2.24) is 19.7 Å². The fourth-order valence-electron chi connectivity index (χ4n) is 5.11. The summed E-state index contributed by atoms with van der Waals surface area (Å²) in [6.07, 6.45) is 6.17.